The van der Waals surface area contributed by atoms with E-state index in [9.17, 15) is 0 Å². The molecule has 1 aliphatic heterocycles. The summed E-state index contributed by atoms with van der Waals surface area (Å²) < 4.78 is 0. The lowest BCUT2D eigenvalue weighted by molar-refractivity contribution is 0.282. The van der Waals surface area contributed by atoms with Crippen molar-refractivity contribution in [3.05, 3.63) is 22.8 Å². The molecule has 4 atom stereocenters. The van der Waals surface area contributed by atoms with Crippen molar-refractivity contribution in [1.82, 2.24) is 5.32 Å². The molecule has 0 bridgehead atoms. The van der Waals surface area contributed by atoms with E-state index in [4.69, 9.17) is 0 Å². The Labute approximate surface area is 143 Å². The lowest BCUT2D eigenvalue weighted by Crippen LogP contribution is -2.52. The van der Waals surface area contributed by atoms with Crippen molar-refractivity contribution < 1.29 is 0 Å². The molecule has 0 aromatic rings. The number of hydrogen-bond donors (Lipinski definition) is 1. The summed E-state index contributed by atoms with van der Waals surface area (Å²) in [5.74, 6) is 3.67. The van der Waals surface area contributed by atoms with Crippen LogP contribution in [-0.2, 0) is 0 Å². The Morgan fingerprint density at radius 2 is 1.91 bits per heavy atom. The largest absolute Gasteiger partial charge is 0.365 e. The maximum absolute atomic E-state index is 4.57. The molecule has 0 aromatic heterocycles. The molecule has 1 aliphatic carbocycles. The SMILES string of the molecule is CC[C@@H](C)[C@H](C)[C@@H]1C(C)=CC(C(C)C)=C1C1(C)CCN=C(C)N1. The first kappa shape index (κ1) is 18.3. The average molecular weight is 317 g/mol. The predicted octanol–water partition coefficient (Wildman–Crippen LogP) is 5.37. The van der Waals surface area contributed by atoms with Gasteiger partial charge in [0.05, 0.1) is 11.4 Å². The van der Waals surface area contributed by atoms with Crippen molar-refractivity contribution in [2.24, 2.45) is 28.7 Å². The van der Waals surface area contributed by atoms with E-state index in [1.54, 1.807) is 16.7 Å². The molecule has 0 radical (unpaired) electrons. The van der Waals surface area contributed by atoms with Crippen LogP contribution in [0.1, 0.15) is 68.2 Å². The second-order valence-corrected chi connectivity index (χ2v) is 8.31. The standard InChI is InChI=1S/C21H36N2/c1-9-14(4)16(6)19-15(5)12-18(13(2)3)20(19)21(8)10-11-22-17(7)23-21/h12-14,16,19H,9-11H2,1-8H3,(H,22,23)/t14-,16+,19+,21?/m1/s1. The molecule has 0 saturated carbocycles. The Morgan fingerprint density at radius 1 is 1.26 bits per heavy atom. The van der Waals surface area contributed by atoms with Crippen LogP contribution < -0.4 is 5.32 Å². The number of hydrogen-bond acceptors (Lipinski definition) is 2. The smallest absolute Gasteiger partial charge is 0.0938 e. The molecule has 1 N–H and O–H groups in total. The summed E-state index contributed by atoms with van der Waals surface area (Å²) in [6.45, 7) is 19.6. The molecule has 0 saturated heterocycles. The van der Waals surface area contributed by atoms with Gasteiger partial charge in [-0.3, -0.25) is 4.99 Å². The summed E-state index contributed by atoms with van der Waals surface area (Å²) in [5.41, 5.74) is 4.81. The topological polar surface area (TPSA) is 24.4 Å². The molecule has 2 aliphatic rings. The van der Waals surface area contributed by atoms with Crippen molar-refractivity contribution in [1.29, 1.82) is 0 Å². The fourth-order valence-corrected chi connectivity index (χ4v) is 4.49. The molecule has 23 heavy (non-hydrogen) atoms. The highest BCUT2D eigenvalue weighted by atomic mass is 15.1. The van der Waals surface area contributed by atoms with E-state index >= 15 is 0 Å². The van der Waals surface area contributed by atoms with Crippen LogP contribution in [0.3, 0.4) is 0 Å². The summed E-state index contributed by atoms with van der Waals surface area (Å²) in [6.07, 6.45) is 4.83. The third kappa shape index (κ3) is 3.41. The summed E-state index contributed by atoms with van der Waals surface area (Å²) in [7, 11) is 0. The van der Waals surface area contributed by atoms with E-state index in [2.05, 4.69) is 71.8 Å². The Balaban J connectivity index is 2.49. The Kier molecular flexibility index (Phi) is 5.43. The molecule has 1 unspecified atom stereocenters. The fraction of sp³-hybridized carbons (Fsp3) is 0.762. The molecule has 2 heteroatoms. The lowest BCUT2D eigenvalue weighted by Gasteiger charge is -2.43. The lowest BCUT2D eigenvalue weighted by atomic mass is 9.69. The zero-order valence-electron chi connectivity index (χ0n) is 16.5. The summed E-state index contributed by atoms with van der Waals surface area (Å²) in [6, 6.07) is 0. The molecule has 2 rings (SSSR count). The molecule has 0 fully saturated rings. The van der Waals surface area contributed by atoms with Crippen LogP contribution in [0.5, 0.6) is 0 Å². The monoisotopic (exact) mass is 316 g/mol. The van der Waals surface area contributed by atoms with Gasteiger partial charge in [0.1, 0.15) is 0 Å². The van der Waals surface area contributed by atoms with Crippen molar-refractivity contribution in [3.8, 4) is 0 Å². The van der Waals surface area contributed by atoms with Crippen molar-refractivity contribution >= 4 is 5.84 Å². The van der Waals surface area contributed by atoms with Gasteiger partial charge in [0.15, 0.2) is 0 Å². The van der Waals surface area contributed by atoms with Crippen molar-refractivity contribution in [2.75, 3.05) is 6.54 Å². The highest BCUT2D eigenvalue weighted by Gasteiger charge is 2.43. The van der Waals surface area contributed by atoms with Gasteiger partial charge in [-0.25, -0.2) is 0 Å². The molecule has 0 aromatic carbocycles. The van der Waals surface area contributed by atoms with E-state index in [1.807, 2.05) is 0 Å². The highest BCUT2D eigenvalue weighted by molar-refractivity contribution is 5.81. The minimum Gasteiger partial charge on any atom is -0.365 e. The van der Waals surface area contributed by atoms with Gasteiger partial charge in [-0.2, -0.15) is 0 Å². The van der Waals surface area contributed by atoms with Crippen LogP contribution in [-0.4, -0.2) is 17.9 Å². The van der Waals surface area contributed by atoms with Crippen molar-refractivity contribution in [3.63, 3.8) is 0 Å². The third-order valence-electron chi connectivity index (χ3n) is 6.20. The second kappa shape index (κ2) is 6.83. The summed E-state index contributed by atoms with van der Waals surface area (Å²) in [4.78, 5) is 4.57. The van der Waals surface area contributed by atoms with Crippen LogP contribution in [0.4, 0.5) is 0 Å². The van der Waals surface area contributed by atoms with E-state index < -0.39 is 0 Å². The zero-order chi connectivity index (χ0) is 17.4. The van der Waals surface area contributed by atoms with Gasteiger partial charge in [0, 0.05) is 12.5 Å². The van der Waals surface area contributed by atoms with Gasteiger partial charge in [-0.05, 0) is 56.1 Å². The maximum Gasteiger partial charge on any atom is 0.0938 e. The summed E-state index contributed by atoms with van der Waals surface area (Å²) >= 11 is 0. The van der Waals surface area contributed by atoms with Crippen LogP contribution in [0.15, 0.2) is 27.8 Å². The molecular weight excluding hydrogens is 280 g/mol. The average Bonchev–Trinajstić information content (AvgIpc) is 2.84. The van der Waals surface area contributed by atoms with Crippen LogP contribution in [0, 0.1) is 23.7 Å². The maximum atomic E-state index is 4.57. The number of rotatable bonds is 5. The van der Waals surface area contributed by atoms with Gasteiger partial charge in [0.25, 0.3) is 0 Å². The minimum absolute atomic E-state index is 0.0477. The molecule has 1 heterocycles. The van der Waals surface area contributed by atoms with Gasteiger partial charge < -0.3 is 5.32 Å². The van der Waals surface area contributed by atoms with Gasteiger partial charge in [-0.1, -0.05) is 52.7 Å². The second-order valence-electron chi connectivity index (χ2n) is 8.31. The third-order valence-corrected chi connectivity index (χ3v) is 6.20. The van der Waals surface area contributed by atoms with Gasteiger partial charge >= 0.3 is 0 Å². The Bertz CT molecular complexity index is 538. The highest BCUT2D eigenvalue weighted by Crippen LogP contribution is 2.48. The molecule has 130 valence electrons. The van der Waals surface area contributed by atoms with E-state index in [0.717, 1.165) is 24.7 Å². The quantitative estimate of drug-likeness (QED) is 0.724. The van der Waals surface area contributed by atoms with Crippen molar-refractivity contribution in [2.45, 2.75) is 73.8 Å². The Hall–Kier alpha value is -1.05. The van der Waals surface area contributed by atoms with E-state index in [0.29, 0.717) is 17.8 Å². The predicted molar refractivity (Wildman–Crippen MR) is 102 cm³/mol. The number of allylic oxidation sites excluding steroid dienone is 3. The first-order valence-corrected chi connectivity index (χ1v) is 9.43. The molecule has 0 spiro atoms. The number of amidine groups is 1. The first-order valence-electron chi connectivity index (χ1n) is 9.43. The Morgan fingerprint density at radius 3 is 2.43 bits per heavy atom. The fourth-order valence-electron chi connectivity index (χ4n) is 4.49. The van der Waals surface area contributed by atoms with Crippen LogP contribution >= 0.6 is 0 Å². The van der Waals surface area contributed by atoms with Gasteiger partial charge in [-0.15, -0.1) is 0 Å². The number of nitrogens with one attached hydrogen (secondary N) is 1. The number of nitrogens with zero attached hydrogens (tertiary/aromatic N) is 1. The van der Waals surface area contributed by atoms with Gasteiger partial charge in [0.2, 0.25) is 0 Å². The van der Waals surface area contributed by atoms with E-state index in [1.165, 1.54) is 6.42 Å². The number of aliphatic imine (C=N–C) groups is 1. The minimum atomic E-state index is 0.0477. The molecule has 0 amide bonds. The van der Waals surface area contributed by atoms with Crippen LogP contribution in [0.2, 0.25) is 0 Å². The van der Waals surface area contributed by atoms with E-state index in [-0.39, 0.29) is 5.54 Å². The summed E-state index contributed by atoms with van der Waals surface area (Å²) in [5, 5.41) is 3.74. The zero-order valence-corrected chi connectivity index (χ0v) is 16.5. The molecule has 2 nitrogen and oxygen atoms in total. The van der Waals surface area contributed by atoms with Crippen LogP contribution in [0.25, 0.3) is 0 Å². The first-order chi connectivity index (χ1) is 10.7. The normalized spacial score (nSPS) is 30.9. The molecular formula is C21H36N2.